The number of carbonyl (C=O) groups is 1. The Hall–Kier alpha value is -1.42. The minimum Gasteiger partial charge on any atom is -0.351 e. The molecule has 0 unspecified atom stereocenters. The lowest BCUT2D eigenvalue weighted by Crippen LogP contribution is -2.46. The maximum Gasteiger partial charge on any atom is 0.251 e. The van der Waals surface area contributed by atoms with Crippen LogP contribution in [0.5, 0.6) is 0 Å². The van der Waals surface area contributed by atoms with Crippen molar-refractivity contribution in [2.45, 2.75) is 26.2 Å². The van der Waals surface area contributed by atoms with E-state index >= 15 is 0 Å². The smallest absolute Gasteiger partial charge is 0.251 e. The fraction of sp³-hybridized carbons (Fsp3) is 0.500. The molecule has 0 atom stereocenters. The van der Waals surface area contributed by atoms with Gasteiger partial charge < -0.3 is 11.1 Å². The Bertz CT molecular complexity index is 450. The summed E-state index contributed by atoms with van der Waals surface area (Å²) >= 11 is 0. The average Bonchev–Trinajstić information content (AvgIpc) is 2.31. The molecular weight excluding hydrogens is 231 g/mol. The highest BCUT2D eigenvalue weighted by molar-refractivity contribution is 5.94. The molecule has 0 heterocycles. The largest absolute Gasteiger partial charge is 0.351 e. The van der Waals surface area contributed by atoms with Crippen molar-refractivity contribution in [3.8, 4) is 0 Å². The van der Waals surface area contributed by atoms with Gasteiger partial charge in [0.05, 0.1) is 0 Å². The van der Waals surface area contributed by atoms with Gasteiger partial charge in [-0.1, -0.05) is 6.42 Å². The van der Waals surface area contributed by atoms with Crippen LogP contribution in [-0.2, 0) is 0 Å². The van der Waals surface area contributed by atoms with Crippen LogP contribution in [0.4, 0.5) is 4.39 Å². The molecule has 0 aliphatic heterocycles. The van der Waals surface area contributed by atoms with Crippen molar-refractivity contribution in [3.05, 3.63) is 35.1 Å². The van der Waals surface area contributed by atoms with Crippen LogP contribution in [0.15, 0.2) is 18.2 Å². The summed E-state index contributed by atoms with van der Waals surface area (Å²) in [5.41, 5.74) is 6.81. The maximum absolute atomic E-state index is 13.1. The highest BCUT2D eigenvalue weighted by atomic mass is 19.1. The summed E-state index contributed by atoms with van der Waals surface area (Å²) in [4.78, 5) is 11.9. The van der Waals surface area contributed by atoms with Crippen LogP contribution in [-0.4, -0.2) is 19.0 Å². The van der Waals surface area contributed by atoms with E-state index in [1.807, 2.05) is 0 Å². The predicted molar refractivity (Wildman–Crippen MR) is 68.8 cm³/mol. The van der Waals surface area contributed by atoms with Gasteiger partial charge in [-0.15, -0.1) is 0 Å². The van der Waals surface area contributed by atoms with Crippen molar-refractivity contribution < 1.29 is 9.18 Å². The number of aryl methyl sites for hydroxylation is 1. The molecule has 1 aliphatic carbocycles. The molecule has 18 heavy (non-hydrogen) atoms. The fourth-order valence-corrected chi connectivity index (χ4v) is 2.29. The first-order chi connectivity index (χ1) is 8.56. The topological polar surface area (TPSA) is 55.1 Å². The van der Waals surface area contributed by atoms with Crippen LogP contribution in [0.2, 0.25) is 0 Å². The van der Waals surface area contributed by atoms with Crippen molar-refractivity contribution in [2.75, 3.05) is 13.1 Å². The van der Waals surface area contributed by atoms with Gasteiger partial charge in [0.1, 0.15) is 5.82 Å². The molecule has 4 heteroatoms. The van der Waals surface area contributed by atoms with Crippen LogP contribution in [0.25, 0.3) is 0 Å². The zero-order valence-corrected chi connectivity index (χ0v) is 10.6. The number of carbonyl (C=O) groups excluding carboxylic acids is 1. The van der Waals surface area contributed by atoms with E-state index in [1.165, 1.54) is 18.6 Å². The Balaban J connectivity index is 1.97. The summed E-state index contributed by atoms with van der Waals surface area (Å²) < 4.78 is 13.1. The van der Waals surface area contributed by atoms with E-state index < -0.39 is 0 Å². The number of nitrogens with one attached hydrogen (secondary N) is 1. The van der Waals surface area contributed by atoms with Gasteiger partial charge in [0.2, 0.25) is 0 Å². The molecule has 0 spiro atoms. The average molecular weight is 250 g/mol. The zero-order chi connectivity index (χ0) is 13.2. The summed E-state index contributed by atoms with van der Waals surface area (Å²) in [5, 5.41) is 2.90. The second kappa shape index (κ2) is 5.06. The van der Waals surface area contributed by atoms with E-state index in [1.54, 1.807) is 13.0 Å². The second-order valence-corrected chi connectivity index (χ2v) is 5.20. The van der Waals surface area contributed by atoms with Crippen molar-refractivity contribution in [1.82, 2.24) is 5.32 Å². The van der Waals surface area contributed by atoms with Gasteiger partial charge in [-0.2, -0.15) is 0 Å². The van der Waals surface area contributed by atoms with Crippen LogP contribution in [0.3, 0.4) is 0 Å². The standard InChI is InChI=1S/C14H19FN2O/c1-10-7-11(3-4-12(10)15)13(18)17-9-14(8-16)5-2-6-14/h3-4,7H,2,5-6,8-9,16H2,1H3,(H,17,18). The first-order valence-corrected chi connectivity index (χ1v) is 6.31. The first-order valence-electron chi connectivity index (χ1n) is 6.31. The summed E-state index contributed by atoms with van der Waals surface area (Å²) in [6.07, 6.45) is 3.33. The van der Waals surface area contributed by atoms with E-state index in [0.29, 0.717) is 24.2 Å². The molecule has 1 fully saturated rings. The van der Waals surface area contributed by atoms with Crippen molar-refractivity contribution in [3.63, 3.8) is 0 Å². The molecule has 1 aliphatic rings. The van der Waals surface area contributed by atoms with E-state index in [2.05, 4.69) is 5.32 Å². The normalized spacial score (nSPS) is 17.1. The highest BCUT2D eigenvalue weighted by Crippen LogP contribution is 2.39. The number of amides is 1. The number of hydrogen-bond donors (Lipinski definition) is 2. The van der Waals surface area contributed by atoms with Crippen molar-refractivity contribution >= 4 is 5.91 Å². The van der Waals surface area contributed by atoms with Gasteiger partial charge >= 0.3 is 0 Å². The number of halogens is 1. The van der Waals surface area contributed by atoms with Crippen LogP contribution in [0.1, 0.15) is 35.2 Å². The summed E-state index contributed by atoms with van der Waals surface area (Å²) in [6.45, 7) is 2.87. The zero-order valence-electron chi connectivity index (χ0n) is 10.6. The van der Waals surface area contributed by atoms with Crippen molar-refractivity contribution in [1.29, 1.82) is 0 Å². The molecule has 98 valence electrons. The van der Waals surface area contributed by atoms with Gasteiger partial charge in [0, 0.05) is 12.1 Å². The molecule has 0 bridgehead atoms. The molecule has 0 saturated heterocycles. The maximum atomic E-state index is 13.1. The summed E-state index contributed by atoms with van der Waals surface area (Å²) in [6, 6.07) is 4.40. The van der Waals surface area contributed by atoms with Crippen LogP contribution < -0.4 is 11.1 Å². The Labute approximate surface area is 107 Å². The third-order valence-electron chi connectivity index (χ3n) is 3.89. The number of benzene rings is 1. The quantitative estimate of drug-likeness (QED) is 0.858. The summed E-state index contributed by atoms with van der Waals surface area (Å²) in [5.74, 6) is -0.443. The van der Waals surface area contributed by atoms with Gasteiger partial charge in [-0.05, 0) is 55.5 Å². The van der Waals surface area contributed by atoms with Crippen LogP contribution in [0, 0.1) is 18.2 Å². The second-order valence-electron chi connectivity index (χ2n) is 5.20. The molecule has 3 N–H and O–H groups in total. The lowest BCUT2D eigenvalue weighted by Gasteiger charge is -2.41. The van der Waals surface area contributed by atoms with Gasteiger partial charge in [-0.3, -0.25) is 4.79 Å². The molecule has 0 aromatic heterocycles. The van der Waals surface area contributed by atoms with Crippen molar-refractivity contribution in [2.24, 2.45) is 11.1 Å². The Morgan fingerprint density at radius 3 is 2.72 bits per heavy atom. The third-order valence-corrected chi connectivity index (χ3v) is 3.89. The first kappa shape index (κ1) is 13.0. The Kier molecular flexibility index (Phi) is 3.66. The molecule has 0 radical (unpaired) electrons. The molecular formula is C14H19FN2O. The Morgan fingerprint density at radius 2 is 2.22 bits per heavy atom. The molecule has 1 aromatic carbocycles. The lowest BCUT2D eigenvalue weighted by molar-refractivity contribution is 0.0876. The van der Waals surface area contributed by atoms with E-state index in [9.17, 15) is 9.18 Å². The fourth-order valence-electron chi connectivity index (χ4n) is 2.29. The third kappa shape index (κ3) is 2.53. The molecule has 1 saturated carbocycles. The number of hydrogen-bond acceptors (Lipinski definition) is 2. The Morgan fingerprint density at radius 1 is 1.50 bits per heavy atom. The van der Waals surface area contributed by atoms with Gasteiger partial charge in [0.25, 0.3) is 5.91 Å². The van der Waals surface area contributed by atoms with Gasteiger partial charge in [-0.25, -0.2) is 4.39 Å². The number of rotatable bonds is 4. The lowest BCUT2D eigenvalue weighted by atomic mass is 9.69. The molecule has 1 aromatic rings. The number of nitrogens with two attached hydrogens (primary N) is 1. The van der Waals surface area contributed by atoms with Gasteiger partial charge in [0.15, 0.2) is 0 Å². The van der Waals surface area contributed by atoms with Crippen LogP contribution >= 0.6 is 0 Å². The molecule has 2 rings (SSSR count). The summed E-state index contributed by atoms with van der Waals surface area (Å²) in [7, 11) is 0. The van der Waals surface area contributed by atoms with E-state index in [-0.39, 0.29) is 17.1 Å². The minimum absolute atomic E-state index is 0.0880. The highest BCUT2D eigenvalue weighted by Gasteiger charge is 2.35. The molecule has 1 amide bonds. The monoisotopic (exact) mass is 250 g/mol. The SMILES string of the molecule is Cc1cc(C(=O)NCC2(CN)CCC2)ccc1F. The van der Waals surface area contributed by atoms with E-state index in [4.69, 9.17) is 5.73 Å². The predicted octanol–water partition coefficient (Wildman–Crippen LogP) is 1.99. The van der Waals surface area contributed by atoms with E-state index in [0.717, 1.165) is 12.8 Å². The molecule has 3 nitrogen and oxygen atoms in total. The minimum atomic E-state index is -0.288.